The fourth-order valence-corrected chi connectivity index (χ4v) is 2.18. The Labute approximate surface area is 111 Å². The number of aliphatic carboxylic acids is 1. The number of ketones is 1. The molecule has 1 N–H and O–H groups in total. The average molecular weight is 263 g/mol. The molecule has 1 aromatic carbocycles. The molecule has 1 aromatic rings. The van der Waals surface area contributed by atoms with Crippen LogP contribution in [0, 0.1) is 0 Å². The number of morpholine rings is 1. The second-order valence-electron chi connectivity index (χ2n) is 4.64. The first kappa shape index (κ1) is 13.5. The summed E-state index contributed by atoms with van der Waals surface area (Å²) in [5.41, 5.74) is 1.67. The molecular formula is C14H17NO4. The van der Waals surface area contributed by atoms with Crippen LogP contribution in [0.25, 0.3) is 0 Å². The number of hydrogen-bond donors (Lipinski definition) is 1. The van der Waals surface area contributed by atoms with Crippen LogP contribution in [0.4, 0.5) is 5.69 Å². The Hall–Kier alpha value is -1.88. The minimum atomic E-state index is -0.848. The van der Waals surface area contributed by atoms with Gasteiger partial charge in [-0.2, -0.15) is 0 Å². The van der Waals surface area contributed by atoms with E-state index in [-0.39, 0.29) is 18.3 Å². The van der Waals surface area contributed by atoms with Gasteiger partial charge in [-0.15, -0.1) is 0 Å². The van der Waals surface area contributed by atoms with Crippen molar-refractivity contribution in [2.45, 2.75) is 19.4 Å². The Morgan fingerprint density at radius 3 is 2.63 bits per heavy atom. The lowest BCUT2D eigenvalue weighted by atomic mass is 10.1. The van der Waals surface area contributed by atoms with E-state index in [1.165, 1.54) is 6.92 Å². The summed E-state index contributed by atoms with van der Waals surface area (Å²) in [4.78, 5) is 24.0. The topological polar surface area (TPSA) is 66.8 Å². The molecule has 0 saturated carbocycles. The van der Waals surface area contributed by atoms with Crippen molar-refractivity contribution in [1.29, 1.82) is 0 Å². The van der Waals surface area contributed by atoms with Crippen LogP contribution in [0.15, 0.2) is 24.3 Å². The molecule has 102 valence electrons. The van der Waals surface area contributed by atoms with Gasteiger partial charge in [0.25, 0.3) is 0 Å². The molecule has 0 aromatic heterocycles. The first-order valence-corrected chi connectivity index (χ1v) is 6.25. The average Bonchev–Trinajstić information content (AvgIpc) is 2.38. The van der Waals surface area contributed by atoms with Crippen LogP contribution in [-0.4, -0.2) is 42.7 Å². The first-order chi connectivity index (χ1) is 9.06. The number of hydrogen-bond acceptors (Lipinski definition) is 4. The van der Waals surface area contributed by atoms with Gasteiger partial charge >= 0.3 is 5.97 Å². The number of rotatable bonds is 4. The summed E-state index contributed by atoms with van der Waals surface area (Å²) < 4.78 is 5.43. The van der Waals surface area contributed by atoms with E-state index in [0.29, 0.717) is 18.7 Å². The molecule has 2 rings (SSSR count). The molecule has 19 heavy (non-hydrogen) atoms. The molecule has 1 heterocycles. The SMILES string of the molecule is CC(=O)c1ccc(N2CCOC(CC(=O)O)C2)cc1. The first-order valence-electron chi connectivity index (χ1n) is 6.25. The predicted octanol–water partition coefficient (Wildman–Crippen LogP) is 1.57. The summed E-state index contributed by atoms with van der Waals surface area (Å²) in [5, 5.41) is 8.78. The quantitative estimate of drug-likeness (QED) is 0.835. The smallest absolute Gasteiger partial charge is 0.306 e. The van der Waals surface area contributed by atoms with Gasteiger partial charge in [0.2, 0.25) is 0 Å². The van der Waals surface area contributed by atoms with Gasteiger partial charge in [0.15, 0.2) is 5.78 Å². The number of ether oxygens (including phenoxy) is 1. The van der Waals surface area contributed by atoms with Crippen molar-refractivity contribution < 1.29 is 19.4 Å². The van der Waals surface area contributed by atoms with E-state index < -0.39 is 5.97 Å². The zero-order valence-electron chi connectivity index (χ0n) is 10.8. The zero-order chi connectivity index (χ0) is 13.8. The molecular weight excluding hydrogens is 246 g/mol. The third-order valence-corrected chi connectivity index (χ3v) is 3.18. The summed E-state index contributed by atoms with van der Waals surface area (Å²) >= 11 is 0. The van der Waals surface area contributed by atoms with Crippen LogP contribution in [0.5, 0.6) is 0 Å². The van der Waals surface area contributed by atoms with Crippen molar-refractivity contribution in [3.05, 3.63) is 29.8 Å². The molecule has 0 bridgehead atoms. The number of anilines is 1. The Kier molecular flexibility index (Phi) is 4.16. The highest BCUT2D eigenvalue weighted by atomic mass is 16.5. The molecule has 0 aliphatic carbocycles. The van der Waals surface area contributed by atoms with Crippen molar-refractivity contribution in [3.63, 3.8) is 0 Å². The molecule has 1 saturated heterocycles. The minimum absolute atomic E-state index is 0.0159. The number of carboxylic acids is 1. The number of carboxylic acid groups (broad SMARTS) is 1. The summed E-state index contributed by atoms with van der Waals surface area (Å²) in [6.07, 6.45) is -0.263. The summed E-state index contributed by atoms with van der Waals surface area (Å²) in [5.74, 6) is -0.809. The number of carbonyl (C=O) groups excluding carboxylic acids is 1. The monoisotopic (exact) mass is 263 g/mol. The Morgan fingerprint density at radius 2 is 2.05 bits per heavy atom. The van der Waals surface area contributed by atoms with Crippen molar-refractivity contribution in [2.24, 2.45) is 0 Å². The minimum Gasteiger partial charge on any atom is -0.481 e. The molecule has 1 atom stereocenters. The Bertz CT molecular complexity index is 469. The highest BCUT2D eigenvalue weighted by molar-refractivity contribution is 5.94. The van der Waals surface area contributed by atoms with E-state index in [4.69, 9.17) is 9.84 Å². The normalized spacial score (nSPS) is 19.2. The molecule has 0 radical (unpaired) electrons. The molecule has 0 spiro atoms. The molecule has 5 heteroatoms. The van der Waals surface area contributed by atoms with Gasteiger partial charge in [0, 0.05) is 24.3 Å². The second kappa shape index (κ2) is 5.84. The fourth-order valence-electron chi connectivity index (χ4n) is 2.18. The number of Topliss-reactive ketones (excluding diaryl/α,β-unsaturated/α-hetero) is 1. The van der Waals surface area contributed by atoms with E-state index >= 15 is 0 Å². The van der Waals surface area contributed by atoms with Gasteiger partial charge in [-0.1, -0.05) is 0 Å². The third kappa shape index (κ3) is 3.54. The van der Waals surface area contributed by atoms with Gasteiger partial charge in [0.1, 0.15) is 0 Å². The lowest BCUT2D eigenvalue weighted by Crippen LogP contribution is -2.43. The summed E-state index contributed by atoms with van der Waals surface area (Å²) in [6.45, 7) is 3.35. The van der Waals surface area contributed by atoms with Crippen molar-refractivity contribution in [2.75, 3.05) is 24.6 Å². The van der Waals surface area contributed by atoms with Crippen LogP contribution in [0.2, 0.25) is 0 Å². The maximum Gasteiger partial charge on any atom is 0.306 e. The van der Waals surface area contributed by atoms with Gasteiger partial charge in [-0.05, 0) is 31.2 Å². The number of carbonyl (C=O) groups is 2. The predicted molar refractivity (Wildman–Crippen MR) is 70.7 cm³/mol. The van der Waals surface area contributed by atoms with Crippen molar-refractivity contribution in [3.8, 4) is 0 Å². The molecule has 5 nitrogen and oxygen atoms in total. The lowest BCUT2D eigenvalue weighted by Gasteiger charge is -2.34. The third-order valence-electron chi connectivity index (χ3n) is 3.18. The molecule has 1 fully saturated rings. The molecule has 1 aliphatic heterocycles. The molecule has 1 unspecified atom stereocenters. The maximum atomic E-state index is 11.2. The zero-order valence-corrected chi connectivity index (χ0v) is 10.8. The highest BCUT2D eigenvalue weighted by Gasteiger charge is 2.22. The van der Waals surface area contributed by atoms with Crippen LogP contribution in [0.1, 0.15) is 23.7 Å². The van der Waals surface area contributed by atoms with Crippen LogP contribution in [0.3, 0.4) is 0 Å². The standard InChI is InChI=1S/C14H17NO4/c1-10(16)11-2-4-12(5-3-11)15-6-7-19-13(9-15)8-14(17)18/h2-5,13H,6-9H2,1H3,(H,17,18). The van der Waals surface area contributed by atoms with Crippen LogP contribution >= 0.6 is 0 Å². The maximum absolute atomic E-state index is 11.2. The Morgan fingerprint density at radius 1 is 1.37 bits per heavy atom. The van der Waals surface area contributed by atoms with E-state index in [2.05, 4.69) is 4.90 Å². The number of nitrogens with zero attached hydrogens (tertiary/aromatic N) is 1. The summed E-state index contributed by atoms with van der Waals surface area (Å²) in [6, 6.07) is 7.36. The van der Waals surface area contributed by atoms with Gasteiger partial charge in [0.05, 0.1) is 19.1 Å². The largest absolute Gasteiger partial charge is 0.481 e. The molecule has 1 aliphatic rings. The summed E-state index contributed by atoms with van der Waals surface area (Å²) in [7, 11) is 0. The number of benzene rings is 1. The van der Waals surface area contributed by atoms with Crippen LogP contribution in [-0.2, 0) is 9.53 Å². The second-order valence-corrected chi connectivity index (χ2v) is 4.64. The van der Waals surface area contributed by atoms with Gasteiger partial charge in [-0.25, -0.2) is 0 Å². The van der Waals surface area contributed by atoms with Gasteiger partial charge in [-0.3, -0.25) is 9.59 Å². The van der Waals surface area contributed by atoms with E-state index in [1.54, 1.807) is 12.1 Å². The van der Waals surface area contributed by atoms with Crippen molar-refractivity contribution in [1.82, 2.24) is 0 Å². The van der Waals surface area contributed by atoms with E-state index in [0.717, 1.165) is 12.2 Å². The van der Waals surface area contributed by atoms with E-state index in [1.807, 2.05) is 12.1 Å². The Balaban J connectivity index is 2.04. The van der Waals surface area contributed by atoms with Gasteiger partial charge < -0.3 is 14.7 Å². The van der Waals surface area contributed by atoms with Crippen LogP contribution < -0.4 is 4.90 Å². The molecule has 0 amide bonds. The fraction of sp³-hybridized carbons (Fsp3) is 0.429. The highest BCUT2D eigenvalue weighted by Crippen LogP contribution is 2.19. The van der Waals surface area contributed by atoms with Crippen molar-refractivity contribution >= 4 is 17.4 Å². The lowest BCUT2D eigenvalue weighted by molar-refractivity contribution is -0.140. The van der Waals surface area contributed by atoms with E-state index in [9.17, 15) is 9.59 Å².